The maximum absolute atomic E-state index is 11.0. The molecular formula is C9H7N2O2. The van der Waals surface area contributed by atoms with E-state index in [0.717, 1.165) is 0 Å². The van der Waals surface area contributed by atoms with Crippen LogP contribution in [0, 0.1) is 17.4 Å². The Morgan fingerprint density at radius 1 is 1.85 bits per heavy atom. The van der Waals surface area contributed by atoms with E-state index in [9.17, 15) is 4.79 Å². The van der Waals surface area contributed by atoms with Gasteiger partial charge in [0.25, 0.3) is 0 Å². The van der Waals surface area contributed by atoms with Gasteiger partial charge in [-0.2, -0.15) is 5.26 Å². The van der Waals surface area contributed by atoms with Crippen molar-refractivity contribution in [3.8, 4) is 6.07 Å². The number of carbonyl (C=O) groups is 1. The lowest BCUT2D eigenvalue weighted by Gasteiger charge is -2.04. The number of hydrogen-bond donors (Lipinski definition) is 0. The molecule has 0 bridgehead atoms. The fourth-order valence-electron chi connectivity index (χ4n) is 0.838. The molecule has 65 valence electrons. The van der Waals surface area contributed by atoms with Crippen molar-refractivity contribution in [3.63, 3.8) is 0 Å². The molecule has 0 fully saturated rings. The lowest BCUT2D eigenvalue weighted by molar-refractivity contribution is -0.141. The number of carbonyl (C=O) groups excluding carboxylic acids is 1. The molecule has 13 heavy (non-hydrogen) atoms. The highest BCUT2D eigenvalue weighted by atomic mass is 16.5. The van der Waals surface area contributed by atoms with Gasteiger partial charge in [0.15, 0.2) is 5.92 Å². The van der Waals surface area contributed by atoms with Crippen molar-refractivity contribution in [2.24, 2.45) is 0 Å². The maximum Gasteiger partial charge on any atom is 0.329 e. The Labute approximate surface area is 75.8 Å². The summed E-state index contributed by atoms with van der Waals surface area (Å²) in [4.78, 5) is 14.9. The number of aromatic nitrogens is 1. The molecule has 0 aliphatic carbocycles. The highest BCUT2D eigenvalue weighted by Crippen LogP contribution is 2.11. The number of hydrogen-bond acceptors (Lipinski definition) is 4. The first-order valence-electron chi connectivity index (χ1n) is 3.59. The normalized spacial score (nSPS) is 11.4. The van der Waals surface area contributed by atoms with Crippen molar-refractivity contribution in [2.45, 2.75) is 5.92 Å². The van der Waals surface area contributed by atoms with Crippen molar-refractivity contribution in [2.75, 3.05) is 7.11 Å². The first-order chi connectivity index (χ1) is 6.29. The number of nitrogens with zero attached hydrogens (tertiary/aromatic N) is 2. The molecule has 0 saturated heterocycles. The van der Waals surface area contributed by atoms with E-state index in [1.54, 1.807) is 18.2 Å². The van der Waals surface area contributed by atoms with Gasteiger partial charge in [-0.25, -0.2) is 0 Å². The molecule has 4 heteroatoms. The van der Waals surface area contributed by atoms with Gasteiger partial charge in [-0.05, 0) is 6.07 Å². The smallest absolute Gasteiger partial charge is 0.329 e. The topological polar surface area (TPSA) is 63.0 Å². The molecule has 0 spiro atoms. The summed E-state index contributed by atoms with van der Waals surface area (Å²) < 4.78 is 4.44. The SMILES string of the molecule is COC(=O)C(C#N)c1[c]cccn1. The summed E-state index contributed by atoms with van der Waals surface area (Å²) in [7, 11) is 1.23. The van der Waals surface area contributed by atoms with Crippen LogP contribution in [0.25, 0.3) is 0 Å². The third-order valence-electron chi connectivity index (χ3n) is 1.47. The van der Waals surface area contributed by atoms with Crippen LogP contribution in [0.4, 0.5) is 0 Å². The second-order valence-electron chi connectivity index (χ2n) is 2.25. The molecule has 1 radical (unpaired) electrons. The minimum atomic E-state index is -0.980. The molecule has 0 aromatic carbocycles. The number of rotatable bonds is 2. The average Bonchev–Trinajstić information content (AvgIpc) is 2.20. The largest absolute Gasteiger partial charge is 0.468 e. The van der Waals surface area contributed by atoms with E-state index in [1.807, 2.05) is 0 Å². The number of ether oxygens (including phenoxy) is 1. The van der Waals surface area contributed by atoms with E-state index in [0.29, 0.717) is 0 Å². The second-order valence-corrected chi connectivity index (χ2v) is 2.25. The van der Waals surface area contributed by atoms with Gasteiger partial charge < -0.3 is 4.74 Å². The fourth-order valence-corrected chi connectivity index (χ4v) is 0.838. The van der Waals surface area contributed by atoms with Crippen LogP contribution in [0.5, 0.6) is 0 Å². The maximum atomic E-state index is 11.0. The Bertz CT molecular complexity index is 329. The number of esters is 1. The van der Waals surface area contributed by atoms with Gasteiger partial charge in [0.05, 0.1) is 18.9 Å². The Morgan fingerprint density at radius 3 is 3.08 bits per heavy atom. The molecule has 0 saturated carbocycles. The summed E-state index contributed by atoms with van der Waals surface area (Å²) >= 11 is 0. The van der Waals surface area contributed by atoms with Crippen molar-refractivity contribution >= 4 is 5.97 Å². The molecular weight excluding hydrogens is 168 g/mol. The monoisotopic (exact) mass is 175 g/mol. The standard InChI is InChI=1S/C9H7N2O2/c1-13-9(12)7(6-10)8-4-2-3-5-11-8/h2-3,5,7H,1H3. The second kappa shape index (κ2) is 4.21. The van der Waals surface area contributed by atoms with Crippen molar-refractivity contribution in [1.82, 2.24) is 4.98 Å². The highest BCUT2D eigenvalue weighted by Gasteiger charge is 2.21. The quantitative estimate of drug-likeness (QED) is 0.619. The zero-order valence-electron chi connectivity index (χ0n) is 7.02. The molecule has 0 amide bonds. The zero-order valence-corrected chi connectivity index (χ0v) is 7.02. The summed E-state index contributed by atoms with van der Waals surface area (Å²) in [6.07, 6.45) is 1.50. The fraction of sp³-hybridized carbons (Fsp3) is 0.222. The minimum Gasteiger partial charge on any atom is -0.468 e. The van der Waals surface area contributed by atoms with Crippen LogP contribution in [-0.4, -0.2) is 18.1 Å². The van der Waals surface area contributed by atoms with Gasteiger partial charge in [-0.15, -0.1) is 0 Å². The average molecular weight is 175 g/mol. The van der Waals surface area contributed by atoms with Gasteiger partial charge in [0.1, 0.15) is 0 Å². The molecule has 0 aliphatic rings. The lowest BCUT2D eigenvalue weighted by Crippen LogP contribution is -2.13. The Hall–Kier alpha value is -1.89. The molecule has 1 heterocycles. The third kappa shape index (κ3) is 2.03. The highest BCUT2D eigenvalue weighted by molar-refractivity contribution is 5.80. The third-order valence-corrected chi connectivity index (χ3v) is 1.47. The van der Waals surface area contributed by atoms with Crippen LogP contribution in [0.1, 0.15) is 11.6 Å². The van der Waals surface area contributed by atoms with Crippen LogP contribution in [-0.2, 0) is 9.53 Å². The van der Waals surface area contributed by atoms with Crippen molar-refractivity contribution < 1.29 is 9.53 Å². The summed E-state index contributed by atoms with van der Waals surface area (Å²) in [5.74, 6) is -1.59. The Morgan fingerprint density at radius 2 is 2.62 bits per heavy atom. The molecule has 1 aromatic rings. The first-order valence-corrected chi connectivity index (χ1v) is 3.59. The van der Waals surface area contributed by atoms with E-state index in [2.05, 4.69) is 15.8 Å². The van der Waals surface area contributed by atoms with Gasteiger partial charge in [0, 0.05) is 12.3 Å². The molecule has 1 unspecified atom stereocenters. The van der Waals surface area contributed by atoms with Crippen LogP contribution < -0.4 is 0 Å². The van der Waals surface area contributed by atoms with E-state index < -0.39 is 11.9 Å². The Balaban J connectivity index is 2.93. The van der Waals surface area contributed by atoms with Gasteiger partial charge >= 0.3 is 5.97 Å². The van der Waals surface area contributed by atoms with Crippen LogP contribution in [0.3, 0.4) is 0 Å². The van der Waals surface area contributed by atoms with E-state index in [1.165, 1.54) is 13.3 Å². The van der Waals surface area contributed by atoms with E-state index in [4.69, 9.17) is 5.26 Å². The number of methoxy groups -OCH3 is 1. The summed E-state index contributed by atoms with van der Waals surface area (Å²) in [5.41, 5.74) is 0.289. The van der Waals surface area contributed by atoms with Crippen molar-refractivity contribution in [3.05, 3.63) is 30.1 Å². The summed E-state index contributed by atoms with van der Waals surface area (Å²) in [6, 6.07) is 7.76. The molecule has 0 N–H and O–H groups in total. The van der Waals surface area contributed by atoms with Crippen LogP contribution in [0.15, 0.2) is 18.3 Å². The molecule has 4 nitrogen and oxygen atoms in total. The van der Waals surface area contributed by atoms with E-state index in [-0.39, 0.29) is 5.69 Å². The number of nitriles is 1. The predicted octanol–water partition coefficient (Wildman–Crippen LogP) is 0.662. The van der Waals surface area contributed by atoms with Crippen LogP contribution in [0.2, 0.25) is 0 Å². The van der Waals surface area contributed by atoms with E-state index >= 15 is 0 Å². The summed E-state index contributed by atoms with van der Waals surface area (Å²) in [5, 5.41) is 8.67. The van der Waals surface area contributed by atoms with Gasteiger partial charge in [-0.3, -0.25) is 9.78 Å². The zero-order chi connectivity index (χ0) is 9.68. The van der Waals surface area contributed by atoms with Gasteiger partial charge in [0.2, 0.25) is 0 Å². The predicted molar refractivity (Wildman–Crippen MR) is 43.4 cm³/mol. The van der Waals surface area contributed by atoms with Crippen molar-refractivity contribution in [1.29, 1.82) is 5.26 Å². The lowest BCUT2D eigenvalue weighted by atomic mass is 10.1. The van der Waals surface area contributed by atoms with Crippen LogP contribution >= 0.6 is 0 Å². The molecule has 0 aliphatic heterocycles. The number of pyridine rings is 1. The minimum absolute atomic E-state index is 0.289. The van der Waals surface area contributed by atoms with Gasteiger partial charge in [-0.1, -0.05) is 6.07 Å². The first kappa shape index (κ1) is 9.20. The molecule has 1 aromatic heterocycles. The molecule has 1 atom stereocenters. The summed E-state index contributed by atoms with van der Waals surface area (Å²) in [6.45, 7) is 0. The Kier molecular flexibility index (Phi) is 2.98. The molecule has 1 rings (SSSR count).